The standard InChI is InChI=1S/C15H13NO2/c1-11-7-9-13(10-8-11)15(17)14(16-18)12-5-3-2-4-6-12/h2-10,18H,1H3. The molecular formula is C15H13NO2. The molecule has 18 heavy (non-hydrogen) atoms. The second-order valence-corrected chi connectivity index (χ2v) is 4.01. The van der Waals surface area contributed by atoms with Crippen LogP contribution in [-0.2, 0) is 0 Å². The van der Waals surface area contributed by atoms with E-state index >= 15 is 0 Å². The van der Waals surface area contributed by atoms with E-state index in [1.54, 1.807) is 36.4 Å². The number of carbonyl (C=O) groups is 1. The average Bonchev–Trinajstić information content (AvgIpc) is 2.41. The Bertz CT molecular complexity index is 571. The van der Waals surface area contributed by atoms with Gasteiger partial charge in [-0.3, -0.25) is 4.79 Å². The van der Waals surface area contributed by atoms with Crippen LogP contribution in [0.15, 0.2) is 59.8 Å². The zero-order chi connectivity index (χ0) is 13.0. The smallest absolute Gasteiger partial charge is 0.215 e. The van der Waals surface area contributed by atoms with Crippen LogP contribution in [0.5, 0.6) is 0 Å². The lowest BCUT2D eigenvalue weighted by Crippen LogP contribution is -2.15. The van der Waals surface area contributed by atoms with E-state index < -0.39 is 0 Å². The first-order valence-electron chi connectivity index (χ1n) is 5.61. The fourth-order valence-corrected chi connectivity index (χ4v) is 1.67. The summed E-state index contributed by atoms with van der Waals surface area (Å²) < 4.78 is 0. The van der Waals surface area contributed by atoms with Gasteiger partial charge in [-0.15, -0.1) is 0 Å². The number of hydrogen-bond acceptors (Lipinski definition) is 3. The second kappa shape index (κ2) is 5.27. The predicted molar refractivity (Wildman–Crippen MR) is 70.3 cm³/mol. The van der Waals surface area contributed by atoms with Gasteiger partial charge in [-0.2, -0.15) is 0 Å². The maximum absolute atomic E-state index is 12.2. The van der Waals surface area contributed by atoms with Gasteiger partial charge in [-0.1, -0.05) is 65.3 Å². The molecule has 0 aliphatic carbocycles. The first kappa shape index (κ1) is 12.0. The molecule has 0 unspecified atom stereocenters. The minimum Gasteiger partial charge on any atom is -0.410 e. The lowest BCUT2D eigenvalue weighted by atomic mass is 10.00. The SMILES string of the molecule is Cc1ccc(C(=O)C(=NO)c2ccccc2)cc1. The Hall–Kier alpha value is -2.42. The van der Waals surface area contributed by atoms with Crippen molar-refractivity contribution in [3.8, 4) is 0 Å². The highest BCUT2D eigenvalue weighted by atomic mass is 16.4. The largest absolute Gasteiger partial charge is 0.410 e. The Balaban J connectivity index is 2.35. The first-order chi connectivity index (χ1) is 8.72. The number of aryl methyl sites for hydroxylation is 1. The van der Waals surface area contributed by atoms with Gasteiger partial charge in [-0.25, -0.2) is 0 Å². The second-order valence-electron chi connectivity index (χ2n) is 4.01. The average molecular weight is 239 g/mol. The Morgan fingerprint density at radius 2 is 1.56 bits per heavy atom. The quantitative estimate of drug-likeness (QED) is 0.387. The van der Waals surface area contributed by atoms with E-state index in [0.29, 0.717) is 11.1 Å². The number of carbonyl (C=O) groups excluding carboxylic acids is 1. The fraction of sp³-hybridized carbons (Fsp3) is 0.0667. The van der Waals surface area contributed by atoms with E-state index in [1.807, 2.05) is 25.1 Å². The van der Waals surface area contributed by atoms with Crippen LogP contribution in [0, 0.1) is 6.92 Å². The Labute approximate surface area is 105 Å². The summed E-state index contributed by atoms with van der Waals surface area (Å²) in [7, 11) is 0. The molecule has 2 rings (SSSR count). The predicted octanol–water partition coefficient (Wildman–Crippen LogP) is 3.06. The molecule has 2 aromatic rings. The number of nitrogens with zero attached hydrogens (tertiary/aromatic N) is 1. The molecule has 0 saturated heterocycles. The topological polar surface area (TPSA) is 49.7 Å². The molecule has 90 valence electrons. The molecule has 0 fully saturated rings. The number of Topliss-reactive ketones (excluding diaryl/α,β-unsaturated/α-hetero) is 1. The van der Waals surface area contributed by atoms with Crippen LogP contribution in [0.2, 0.25) is 0 Å². The van der Waals surface area contributed by atoms with E-state index in [0.717, 1.165) is 5.56 Å². The highest BCUT2D eigenvalue weighted by Gasteiger charge is 2.16. The van der Waals surface area contributed by atoms with Crippen LogP contribution in [0.25, 0.3) is 0 Å². The molecule has 3 heteroatoms. The molecule has 3 nitrogen and oxygen atoms in total. The molecule has 1 N–H and O–H groups in total. The van der Waals surface area contributed by atoms with Crippen molar-refractivity contribution in [2.24, 2.45) is 5.16 Å². The molecular weight excluding hydrogens is 226 g/mol. The number of oxime groups is 1. The molecule has 0 aliphatic rings. The van der Waals surface area contributed by atoms with Crippen LogP contribution in [0.3, 0.4) is 0 Å². The lowest BCUT2D eigenvalue weighted by Gasteiger charge is -2.04. The van der Waals surface area contributed by atoms with E-state index in [1.165, 1.54) is 0 Å². The van der Waals surface area contributed by atoms with E-state index in [2.05, 4.69) is 5.16 Å². The number of ketones is 1. The van der Waals surface area contributed by atoms with Gasteiger partial charge in [0, 0.05) is 11.1 Å². The fourth-order valence-electron chi connectivity index (χ4n) is 1.67. The minimum atomic E-state index is -0.288. The molecule has 0 heterocycles. The highest BCUT2D eigenvalue weighted by Crippen LogP contribution is 2.10. The molecule has 0 spiro atoms. The zero-order valence-electron chi connectivity index (χ0n) is 10.00. The van der Waals surface area contributed by atoms with Gasteiger partial charge in [0.15, 0.2) is 5.71 Å². The van der Waals surface area contributed by atoms with E-state index in [4.69, 9.17) is 5.21 Å². The normalized spacial score (nSPS) is 11.3. The molecule has 2 aromatic carbocycles. The summed E-state index contributed by atoms with van der Waals surface area (Å²) >= 11 is 0. The van der Waals surface area contributed by atoms with Gasteiger partial charge < -0.3 is 5.21 Å². The maximum Gasteiger partial charge on any atom is 0.215 e. The molecule has 0 bridgehead atoms. The van der Waals surface area contributed by atoms with Crippen LogP contribution in [0.4, 0.5) is 0 Å². The zero-order valence-corrected chi connectivity index (χ0v) is 10.00. The van der Waals surface area contributed by atoms with Crippen molar-refractivity contribution < 1.29 is 10.0 Å². The molecule has 0 amide bonds. The molecule has 0 aromatic heterocycles. The minimum absolute atomic E-state index is 0.0550. The van der Waals surface area contributed by atoms with Crippen LogP contribution in [0.1, 0.15) is 21.5 Å². The van der Waals surface area contributed by atoms with Crippen molar-refractivity contribution in [2.75, 3.05) is 0 Å². The Kier molecular flexibility index (Phi) is 3.53. The van der Waals surface area contributed by atoms with Crippen molar-refractivity contribution in [1.29, 1.82) is 0 Å². The summed E-state index contributed by atoms with van der Waals surface area (Å²) in [6.45, 7) is 1.95. The van der Waals surface area contributed by atoms with Gasteiger partial charge in [0.05, 0.1) is 0 Å². The molecule has 0 saturated carbocycles. The molecule has 0 aliphatic heterocycles. The van der Waals surface area contributed by atoms with Gasteiger partial charge in [-0.05, 0) is 6.92 Å². The van der Waals surface area contributed by atoms with Crippen molar-refractivity contribution in [1.82, 2.24) is 0 Å². The Morgan fingerprint density at radius 3 is 2.11 bits per heavy atom. The third kappa shape index (κ3) is 2.46. The van der Waals surface area contributed by atoms with E-state index in [9.17, 15) is 4.79 Å². The molecule has 0 radical (unpaired) electrons. The van der Waals surface area contributed by atoms with Gasteiger partial charge in [0.2, 0.25) is 5.78 Å². The summed E-state index contributed by atoms with van der Waals surface area (Å²) in [5.41, 5.74) is 2.25. The van der Waals surface area contributed by atoms with Gasteiger partial charge in [0.25, 0.3) is 0 Å². The first-order valence-corrected chi connectivity index (χ1v) is 5.61. The summed E-state index contributed by atoms with van der Waals surface area (Å²) in [5.74, 6) is -0.288. The van der Waals surface area contributed by atoms with Crippen LogP contribution in [-0.4, -0.2) is 16.7 Å². The third-order valence-corrected chi connectivity index (χ3v) is 2.68. The molecule has 0 atom stereocenters. The van der Waals surface area contributed by atoms with Gasteiger partial charge in [0.1, 0.15) is 0 Å². The number of rotatable bonds is 3. The number of benzene rings is 2. The van der Waals surface area contributed by atoms with Crippen LogP contribution < -0.4 is 0 Å². The van der Waals surface area contributed by atoms with Crippen molar-refractivity contribution in [2.45, 2.75) is 6.92 Å². The summed E-state index contributed by atoms with van der Waals surface area (Å²) in [4.78, 5) is 12.2. The van der Waals surface area contributed by atoms with Gasteiger partial charge >= 0.3 is 0 Å². The van der Waals surface area contributed by atoms with Crippen molar-refractivity contribution >= 4 is 11.5 Å². The van der Waals surface area contributed by atoms with Crippen molar-refractivity contribution in [3.63, 3.8) is 0 Å². The highest BCUT2D eigenvalue weighted by molar-refractivity contribution is 6.51. The van der Waals surface area contributed by atoms with E-state index in [-0.39, 0.29) is 11.5 Å². The maximum atomic E-state index is 12.2. The summed E-state index contributed by atoms with van der Waals surface area (Å²) in [6.07, 6.45) is 0. The lowest BCUT2D eigenvalue weighted by molar-refractivity contribution is 0.106. The van der Waals surface area contributed by atoms with Crippen LogP contribution >= 0.6 is 0 Å². The monoisotopic (exact) mass is 239 g/mol. The van der Waals surface area contributed by atoms with Crippen molar-refractivity contribution in [3.05, 3.63) is 71.3 Å². The summed E-state index contributed by atoms with van der Waals surface area (Å²) in [6, 6.07) is 16.1. The third-order valence-electron chi connectivity index (χ3n) is 2.68. The Morgan fingerprint density at radius 1 is 0.944 bits per heavy atom. The number of hydrogen-bond donors (Lipinski definition) is 1. The summed E-state index contributed by atoms with van der Waals surface area (Å²) in [5, 5.41) is 12.2.